The quantitative estimate of drug-likeness (QED) is 0.398. The zero-order chi connectivity index (χ0) is 22.8. The SMILES string of the molecule is C[C@@H](Cn1cnnn1)Oc1cccc(-c2c(F)ccc(C#N)c2-c2cnc3cccnn23)c1. The van der Waals surface area contributed by atoms with E-state index in [1.165, 1.54) is 18.5 Å². The molecule has 0 aliphatic carbocycles. The smallest absolute Gasteiger partial charge is 0.154 e. The lowest BCUT2D eigenvalue weighted by atomic mass is 9.93. The molecule has 3 heterocycles. The Kier molecular flexibility index (Phi) is 5.20. The molecule has 2 aromatic carbocycles. The summed E-state index contributed by atoms with van der Waals surface area (Å²) in [5.41, 5.74) is 2.70. The van der Waals surface area contributed by atoms with Gasteiger partial charge in [0.25, 0.3) is 0 Å². The van der Waals surface area contributed by atoms with Gasteiger partial charge in [0.15, 0.2) is 5.65 Å². The third-order valence-electron chi connectivity index (χ3n) is 5.10. The van der Waals surface area contributed by atoms with Crippen LogP contribution >= 0.6 is 0 Å². The summed E-state index contributed by atoms with van der Waals surface area (Å²) in [5, 5.41) is 25.2. The van der Waals surface area contributed by atoms with Gasteiger partial charge >= 0.3 is 0 Å². The number of rotatable bonds is 6. The van der Waals surface area contributed by atoms with Crippen molar-refractivity contribution < 1.29 is 9.13 Å². The third-order valence-corrected chi connectivity index (χ3v) is 5.10. The minimum absolute atomic E-state index is 0.235. The van der Waals surface area contributed by atoms with Crippen molar-refractivity contribution >= 4 is 5.65 Å². The van der Waals surface area contributed by atoms with E-state index in [0.29, 0.717) is 40.3 Å². The monoisotopic (exact) mass is 440 g/mol. The van der Waals surface area contributed by atoms with Gasteiger partial charge < -0.3 is 4.74 Å². The maximum Gasteiger partial charge on any atom is 0.154 e. The summed E-state index contributed by atoms with van der Waals surface area (Å²) in [7, 11) is 0. The maximum atomic E-state index is 15.3. The fraction of sp³-hybridized carbons (Fsp3) is 0.130. The van der Waals surface area contributed by atoms with Gasteiger partial charge in [0, 0.05) is 17.3 Å². The first-order valence-electron chi connectivity index (χ1n) is 10.1. The summed E-state index contributed by atoms with van der Waals surface area (Å²) < 4.78 is 24.4. The van der Waals surface area contributed by atoms with E-state index in [0.717, 1.165) is 0 Å². The number of fused-ring (bicyclic) bond motifs is 1. The Bertz CT molecular complexity index is 1470. The van der Waals surface area contributed by atoms with Gasteiger partial charge in [-0.2, -0.15) is 10.4 Å². The molecule has 10 heteroatoms. The fourth-order valence-corrected chi connectivity index (χ4v) is 3.74. The Labute approximate surface area is 187 Å². The summed E-state index contributed by atoms with van der Waals surface area (Å²) in [6.07, 6.45) is 4.48. The third kappa shape index (κ3) is 3.87. The molecule has 0 fully saturated rings. The second-order valence-corrected chi connectivity index (χ2v) is 7.38. The van der Waals surface area contributed by atoms with Crippen LogP contribution in [0.3, 0.4) is 0 Å². The number of imidazole rings is 1. The van der Waals surface area contributed by atoms with Crippen LogP contribution in [0.4, 0.5) is 4.39 Å². The molecule has 0 bridgehead atoms. The highest BCUT2D eigenvalue weighted by Crippen LogP contribution is 2.38. The van der Waals surface area contributed by atoms with Gasteiger partial charge in [-0.15, -0.1) is 5.10 Å². The van der Waals surface area contributed by atoms with E-state index in [1.807, 2.05) is 6.92 Å². The number of ether oxygens (including phenoxy) is 1. The van der Waals surface area contributed by atoms with Gasteiger partial charge in [-0.1, -0.05) is 12.1 Å². The van der Waals surface area contributed by atoms with Crippen molar-refractivity contribution in [2.24, 2.45) is 0 Å². The number of aromatic nitrogens is 7. The molecule has 0 N–H and O–H groups in total. The molecule has 3 aromatic heterocycles. The molecule has 0 unspecified atom stereocenters. The largest absolute Gasteiger partial charge is 0.489 e. The summed E-state index contributed by atoms with van der Waals surface area (Å²) in [4.78, 5) is 4.35. The summed E-state index contributed by atoms with van der Waals surface area (Å²) in [6.45, 7) is 2.34. The van der Waals surface area contributed by atoms with Crippen molar-refractivity contribution in [2.75, 3.05) is 0 Å². The van der Waals surface area contributed by atoms with Crippen molar-refractivity contribution in [3.05, 3.63) is 78.6 Å². The van der Waals surface area contributed by atoms with Crippen molar-refractivity contribution in [1.29, 1.82) is 5.26 Å². The zero-order valence-electron chi connectivity index (χ0n) is 17.5. The molecule has 0 aliphatic rings. The zero-order valence-corrected chi connectivity index (χ0v) is 17.5. The average molecular weight is 440 g/mol. The first kappa shape index (κ1) is 20.3. The minimum Gasteiger partial charge on any atom is -0.489 e. The molecule has 33 heavy (non-hydrogen) atoms. The van der Waals surface area contributed by atoms with Gasteiger partial charge in [-0.05, 0) is 59.3 Å². The van der Waals surface area contributed by atoms with Gasteiger partial charge in [0.2, 0.25) is 0 Å². The minimum atomic E-state index is -0.464. The van der Waals surface area contributed by atoms with E-state index >= 15 is 4.39 Å². The molecule has 0 aliphatic heterocycles. The van der Waals surface area contributed by atoms with Crippen molar-refractivity contribution in [3.8, 4) is 34.2 Å². The van der Waals surface area contributed by atoms with E-state index < -0.39 is 5.82 Å². The fourth-order valence-electron chi connectivity index (χ4n) is 3.74. The molecule has 0 saturated carbocycles. The summed E-state index contributed by atoms with van der Waals surface area (Å²) in [5.74, 6) is 0.0887. The summed E-state index contributed by atoms with van der Waals surface area (Å²) >= 11 is 0. The first-order valence-corrected chi connectivity index (χ1v) is 10.1. The number of halogens is 1. The van der Waals surface area contributed by atoms with Crippen LogP contribution in [-0.4, -0.2) is 40.9 Å². The first-order chi connectivity index (χ1) is 16.1. The highest BCUT2D eigenvalue weighted by atomic mass is 19.1. The summed E-state index contributed by atoms with van der Waals surface area (Å²) in [6, 6.07) is 15.6. The van der Waals surface area contributed by atoms with Crippen LogP contribution in [0.5, 0.6) is 5.75 Å². The average Bonchev–Trinajstić information content (AvgIpc) is 3.48. The lowest BCUT2D eigenvalue weighted by Gasteiger charge is -2.16. The molecule has 162 valence electrons. The number of benzene rings is 2. The Morgan fingerprint density at radius 1 is 1.15 bits per heavy atom. The Morgan fingerprint density at radius 3 is 2.88 bits per heavy atom. The molecule has 5 aromatic rings. The van der Waals surface area contributed by atoms with Crippen LogP contribution in [0.25, 0.3) is 28.0 Å². The molecule has 0 spiro atoms. The highest BCUT2D eigenvalue weighted by Gasteiger charge is 2.21. The normalized spacial score (nSPS) is 11.9. The van der Waals surface area contributed by atoms with E-state index in [4.69, 9.17) is 4.74 Å². The van der Waals surface area contributed by atoms with Gasteiger partial charge in [-0.25, -0.2) is 18.6 Å². The standard InChI is InChI=1S/C23H17FN8O/c1-15(13-31-14-27-29-30-31)33-18-5-2-4-16(10-18)22-19(24)8-7-17(11-25)23(22)20-12-26-21-6-3-9-28-32(20)21/h2-10,12,14-15H,13H2,1H3/t15-/m0/s1. The van der Waals surface area contributed by atoms with Crippen molar-refractivity contribution in [2.45, 2.75) is 19.6 Å². The maximum absolute atomic E-state index is 15.3. The molecule has 0 radical (unpaired) electrons. The molecule has 9 nitrogen and oxygen atoms in total. The number of hydrogen-bond acceptors (Lipinski definition) is 7. The van der Waals surface area contributed by atoms with Crippen LogP contribution in [0.15, 0.2) is 67.3 Å². The van der Waals surface area contributed by atoms with Gasteiger partial charge in [0.1, 0.15) is 24.0 Å². The lowest BCUT2D eigenvalue weighted by Crippen LogP contribution is -2.20. The molecule has 5 rings (SSSR count). The number of nitrogens with zero attached hydrogens (tertiary/aromatic N) is 8. The topological polar surface area (TPSA) is 107 Å². The van der Waals surface area contributed by atoms with Crippen LogP contribution in [-0.2, 0) is 6.54 Å². The number of tetrazole rings is 1. The van der Waals surface area contributed by atoms with E-state index in [9.17, 15) is 5.26 Å². The molecule has 1 atom stereocenters. The second kappa shape index (κ2) is 8.47. The van der Waals surface area contributed by atoms with E-state index in [-0.39, 0.29) is 11.7 Å². The van der Waals surface area contributed by atoms with E-state index in [1.54, 1.807) is 58.0 Å². The Balaban J connectivity index is 1.59. The lowest BCUT2D eigenvalue weighted by molar-refractivity contribution is 0.193. The predicted octanol–water partition coefficient (Wildman–Crippen LogP) is 3.53. The van der Waals surface area contributed by atoms with Crippen LogP contribution in [0.1, 0.15) is 12.5 Å². The van der Waals surface area contributed by atoms with Crippen molar-refractivity contribution in [1.82, 2.24) is 34.8 Å². The van der Waals surface area contributed by atoms with E-state index in [2.05, 4.69) is 31.7 Å². The Morgan fingerprint density at radius 2 is 2.06 bits per heavy atom. The van der Waals surface area contributed by atoms with Crippen LogP contribution < -0.4 is 4.74 Å². The van der Waals surface area contributed by atoms with Gasteiger partial charge in [0.05, 0.1) is 30.1 Å². The molecular weight excluding hydrogens is 423 g/mol. The predicted molar refractivity (Wildman–Crippen MR) is 116 cm³/mol. The van der Waals surface area contributed by atoms with Crippen molar-refractivity contribution in [3.63, 3.8) is 0 Å². The number of hydrogen-bond donors (Lipinski definition) is 0. The van der Waals surface area contributed by atoms with Crippen LogP contribution in [0, 0.1) is 17.1 Å². The number of nitriles is 1. The molecule has 0 amide bonds. The second-order valence-electron chi connectivity index (χ2n) is 7.38. The Hall–Kier alpha value is -4.65. The van der Waals surface area contributed by atoms with Gasteiger partial charge in [-0.3, -0.25) is 0 Å². The van der Waals surface area contributed by atoms with Crippen LogP contribution in [0.2, 0.25) is 0 Å². The molecular formula is C23H17FN8O. The molecule has 0 saturated heterocycles. The highest BCUT2D eigenvalue weighted by molar-refractivity contribution is 5.87.